The smallest absolute Gasteiger partial charge is 0.256 e. The number of anilines is 2. The SMILES string of the molecule is Cc1ccc(N)cc1C(=O)Nc1c(F)cc(Br)cc1F. The van der Waals surface area contributed by atoms with Crippen LogP contribution in [0.2, 0.25) is 0 Å². The van der Waals surface area contributed by atoms with Crippen LogP contribution in [-0.4, -0.2) is 5.91 Å². The van der Waals surface area contributed by atoms with E-state index in [9.17, 15) is 13.6 Å². The summed E-state index contributed by atoms with van der Waals surface area (Å²) < 4.78 is 27.6. The van der Waals surface area contributed by atoms with Crippen molar-refractivity contribution in [3.05, 3.63) is 57.6 Å². The summed E-state index contributed by atoms with van der Waals surface area (Å²) in [7, 11) is 0. The van der Waals surface area contributed by atoms with Gasteiger partial charge < -0.3 is 11.1 Å². The van der Waals surface area contributed by atoms with E-state index in [2.05, 4.69) is 21.2 Å². The predicted octanol–water partition coefficient (Wildman–Crippen LogP) is 3.87. The van der Waals surface area contributed by atoms with Gasteiger partial charge >= 0.3 is 0 Å². The molecule has 0 aliphatic rings. The van der Waals surface area contributed by atoms with Crippen LogP contribution in [-0.2, 0) is 0 Å². The van der Waals surface area contributed by atoms with E-state index in [4.69, 9.17) is 5.73 Å². The highest BCUT2D eigenvalue weighted by Gasteiger charge is 2.16. The van der Waals surface area contributed by atoms with Gasteiger partial charge in [-0.3, -0.25) is 4.79 Å². The van der Waals surface area contributed by atoms with Gasteiger partial charge in [-0.15, -0.1) is 0 Å². The normalized spacial score (nSPS) is 10.4. The molecule has 0 atom stereocenters. The van der Waals surface area contributed by atoms with Crippen molar-refractivity contribution in [2.24, 2.45) is 0 Å². The Bertz CT molecular complexity index is 666. The number of hydrogen-bond donors (Lipinski definition) is 2. The fourth-order valence-corrected chi connectivity index (χ4v) is 2.13. The summed E-state index contributed by atoms with van der Waals surface area (Å²) in [4.78, 5) is 12.1. The minimum absolute atomic E-state index is 0.255. The maximum absolute atomic E-state index is 13.7. The Morgan fingerprint density at radius 2 is 1.80 bits per heavy atom. The first kappa shape index (κ1) is 14.5. The molecule has 0 unspecified atom stereocenters. The number of halogens is 3. The molecule has 0 saturated carbocycles. The van der Waals surface area contributed by atoms with Crippen molar-refractivity contribution >= 4 is 33.2 Å². The molecular formula is C14H11BrF2N2O. The molecule has 0 bridgehead atoms. The number of hydrogen-bond acceptors (Lipinski definition) is 2. The summed E-state index contributed by atoms with van der Waals surface area (Å²) >= 11 is 2.97. The molecule has 0 fully saturated rings. The molecule has 0 aliphatic heterocycles. The van der Waals surface area contributed by atoms with Crippen LogP contribution in [0.1, 0.15) is 15.9 Å². The third-order valence-electron chi connectivity index (χ3n) is 2.75. The summed E-state index contributed by atoms with van der Waals surface area (Å²) in [5.74, 6) is -2.33. The van der Waals surface area contributed by atoms with E-state index in [1.165, 1.54) is 6.07 Å². The Balaban J connectivity index is 2.35. The highest BCUT2D eigenvalue weighted by atomic mass is 79.9. The molecule has 2 rings (SSSR count). The number of amides is 1. The van der Waals surface area contributed by atoms with Gasteiger partial charge in [-0.1, -0.05) is 22.0 Å². The second-order valence-electron chi connectivity index (χ2n) is 4.27. The zero-order chi connectivity index (χ0) is 14.9. The first-order valence-corrected chi connectivity index (χ1v) is 6.50. The van der Waals surface area contributed by atoms with Crippen molar-refractivity contribution in [3.63, 3.8) is 0 Å². The van der Waals surface area contributed by atoms with Crippen LogP contribution in [0.3, 0.4) is 0 Å². The molecule has 2 aromatic carbocycles. The molecule has 0 radical (unpaired) electrons. The fourth-order valence-electron chi connectivity index (χ4n) is 1.73. The largest absolute Gasteiger partial charge is 0.399 e. The van der Waals surface area contributed by atoms with E-state index >= 15 is 0 Å². The van der Waals surface area contributed by atoms with Gasteiger partial charge in [0, 0.05) is 15.7 Å². The molecule has 1 amide bonds. The van der Waals surface area contributed by atoms with Crippen LogP contribution in [0.15, 0.2) is 34.8 Å². The van der Waals surface area contributed by atoms with E-state index in [0.29, 0.717) is 11.3 Å². The number of aryl methyl sites for hydroxylation is 1. The molecular weight excluding hydrogens is 330 g/mol. The highest BCUT2D eigenvalue weighted by molar-refractivity contribution is 9.10. The molecule has 3 N–H and O–H groups in total. The van der Waals surface area contributed by atoms with Crippen molar-refractivity contribution < 1.29 is 13.6 Å². The van der Waals surface area contributed by atoms with Gasteiger partial charge in [0.25, 0.3) is 5.91 Å². The van der Waals surface area contributed by atoms with Gasteiger partial charge in [-0.05, 0) is 36.8 Å². The monoisotopic (exact) mass is 340 g/mol. The minimum atomic E-state index is -0.855. The molecule has 0 saturated heterocycles. The Morgan fingerprint density at radius 1 is 1.20 bits per heavy atom. The summed E-state index contributed by atoms with van der Waals surface area (Å²) in [5.41, 5.74) is 6.45. The Hall–Kier alpha value is -1.95. The topological polar surface area (TPSA) is 55.1 Å². The Labute approximate surface area is 122 Å². The van der Waals surface area contributed by atoms with Crippen molar-refractivity contribution in [1.29, 1.82) is 0 Å². The van der Waals surface area contributed by atoms with Gasteiger partial charge in [0.05, 0.1) is 0 Å². The number of rotatable bonds is 2. The predicted molar refractivity (Wildman–Crippen MR) is 77.6 cm³/mol. The van der Waals surface area contributed by atoms with Crippen LogP contribution >= 0.6 is 15.9 Å². The van der Waals surface area contributed by atoms with Gasteiger partial charge in [-0.2, -0.15) is 0 Å². The van der Waals surface area contributed by atoms with Crippen molar-refractivity contribution in [2.45, 2.75) is 6.92 Å². The number of nitrogen functional groups attached to an aromatic ring is 1. The Kier molecular flexibility index (Phi) is 4.04. The van der Waals surface area contributed by atoms with Crippen LogP contribution in [0.5, 0.6) is 0 Å². The molecule has 2 aromatic rings. The third-order valence-corrected chi connectivity index (χ3v) is 3.21. The van der Waals surface area contributed by atoms with E-state index in [-0.39, 0.29) is 10.0 Å². The molecule has 20 heavy (non-hydrogen) atoms. The van der Waals surface area contributed by atoms with Crippen molar-refractivity contribution in [2.75, 3.05) is 11.1 Å². The molecule has 0 aliphatic carbocycles. The third kappa shape index (κ3) is 2.96. The maximum Gasteiger partial charge on any atom is 0.256 e. The van der Waals surface area contributed by atoms with Crippen molar-refractivity contribution in [3.8, 4) is 0 Å². The second kappa shape index (κ2) is 5.58. The molecule has 3 nitrogen and oxygen atoms in total. The second-order valence-corrected chi connectivity index (χ2v) is 5.19. The maximum atomic E-state index is 13.7. The zero-order valence-corrected chi connectivity index (χ0v) is 12.1. The lowest BCUT2D eigenvalue weighted by Crippen LogP contribution is -2.16. The average Bonchev–Trinajstić information content (AvgIpc) is 2.36. The number of carbonyl (C=O) groups is 1. The fraction of sp³-hybridized carbons (Fsp3) is 0.0714. The molecule has 0 aromatic heterocycles. The van der Waals surface area contributed by atoms with Crippen LogP contribution in [0, 0.1) is 18.6 Å². The lowest BCUT2D eigenvalue weighted by Gasteiger charge is -2.10. The Morgan fingerprint density at radius 3 is 2.40 bits per heavy atom. The summed E-state index contributed by atoms with van der Waals surface area (Å²) in [6.45, 7) is 1.71. The quantitative estimate of drug-likeness (QED) is 0.815. The lowest BCUT2D eigenvalue weighted by molar-refractivity contribution is 0.102. The number of nitrogens with two attached hydrogens (primary N) is 1. The summed E-state index contributed by atoms with van der Waals surface area (Å²) in [6, 6.07) is 6.92. The van der Waals surface area contributed by atoms with E-state index in [1.54, 1.807) is 19.1 Å². The molecule has 0 spiro atoms. The summed E-state index contributed by atoms with van der Waals surface area (Å²) in [5, 5.41) is 2.22. The molecule has 6 heteroatoms. The van der Waals surface area contributed by atoms with E-state index < -0.39 is 23.2 Å². The molecule has 0 heterocycles. The minimum Gasteiger partial charge on any atom is -0.399 e. The first-order chi connectivity index (χ1) is 9.38. The van der Waals surface area contributed by atoms with Gasteiger partial charge in [0.2, 0.25) is 0 Å². The number of nitrogens with one attached hydrogen (secondary N) is 1. The van der Waals surface area contributed by atoms with Gasteiger partial charge in [0.15, 0.2) is 11.6 Å². The van der Waals surface area contributed by atoms with Crippen LogP contribution < -0.4 is 11.1 Å². The van der Waals surface area contributed by atoms with Crippen LogP contribution in [0.25, 0.3) is 0 Å². The number of carbonyl (C=O) groups excluding carboxylic acids is 1. The van der Waals surface area contributed by atoms with Gasteiger partial charge in [-0.25, -0.2) is 8.78 Å². The highest BCUT2D eigenvalue weighted by Crippen LogP contribution is 2.25. The van der Waals surface area contributed by atoms with Crippen LogP contribution in [0.4, 0.5) is 20.2 Å². The van der Waals surface area contributed by atoms with Gasteiger partial charge in [0.1, 0.15) is 5.69 Å². The van der Waals surface area contributed by atoms with Crippen molar-refractivity contribution in [1.82, 2.24) is 0 Å². The first-order valence-electron chi connectivity index (χ1n) is 5.70. The van der Waals surface area contributed by atoms with E-state index in [0.717, 1.165) is 12.1 Å². The standard InChI is InChI=1S/C14H11BrF2N2O/c1-7-2-3-9(18)6-10(7)14(20)19-13-11(16)4-8(15)5-12(13)17/h2-6H,18H2,1H3,(H,19,20). The number of benzene rings is 2. The van der Waals surface area contributed by atoms with E-state index in [1.807, 2.05) is 0 Å². The lowest BCUT2D eigenvalue weighted by atomic mass is 10.1. The molecule has 104 valence electrons. The zero-order valence-electron chi connectivity index (χ0n) is 10.5. The average molecular weight is 341 g/mol. The summed E-state index contributed by atoms with van der Waals surface area (Å²) in [6.07, 6.45) is 0.